The van der Waals surface area contributed by atoms with Gasteiger partial charge in [-0.2, -0.15) is 0 Å². The van der Waals surface area contributed by atoms with Crippen LogP contribution in [0.5, 0.6) is 5.75 Å². The topological polar surface area (TPSA) is 51.2 Å². The van der Waals surface area contributed by atoms with Crippen LogP contribution < -0.4 is 10.1 Å². The van der Waals surface area contributed by atoms with Crippen LogP contribution in [0.15, 0.2) is 36.5 Å². The number of methoxy groups -OCH3 is 1. The molecule has 1 heterocycles. The zero-order valence-electron chi connectivity index (χ0n) is 11.2. The molecule has 1 N–H and O–H groups in total. The number of benzene rings is 1. The molecule has 1 aromatic carbocycles. The van der Waals surface area contributed by atoms with Crippen molar-refractivity contribution in [1.82, 2.24) is 4.98 Å². The van der Waals surface area contributed by atoms with Gasteiger partial charge in [-0.25, -0.2) is 0 Å². The number of hydrogen-bond donors (Lipinski definition) is 1. The van der Waals surface area contributed by atoms with Crippen LogP contribution in [0.1, 0.15) is 21.6 Å². The summed E-state index contributed by atoms with van der Waals surface area (Å²) < 4.78 is 5.23. The van der Waals surface area contributed by atoms with Crippen molar-refractivity contribution < 1.29 is 9.53 Å². The number of aryl methyl sites for hydroxylation is 2. The SMILES string of the molecule is COc1ccc(C)cc1NC(=O)c1cc(C)ccn1. The van der Waals surface area contributed by atoms with Gasteiger partial charge < -0.3 is 10.1 Å². The molecule has 98 valence electrons. The molecule has 4 heteroatoms. The molecule has 0 saturated heterocycles. The highest BCUT2D eigenvalue weighted by molar-refractivity contribution is 6.03. The van der Waals surface area contributed by atoms with E-state index in [-0.39, 0.29) is 5.91 Å². The fourth-order valence-electron chi connectivity index (χ4n) is 1.77. The average Bonchev–Trinajstić information content (AvgIpc) is 2.39. The third-order valence-electron chi connectivity index (χ3n) is 2.75. The lowest BCUT2D eigenvalue weighted by molar-refractivity contribution is 0.102. The highest BCUT2D eigenvalue weighted by Crippen LogP contribution is 2.25. The summed E-state index contributed by atoms with van der Waals surface area (Å²) in [6, 6.07) is 9.22. The standard InChI is InChI=1S/C15H16N2O2/c1-10-4-5-14(19-3)12(8-10)17-15(18)13-9-11(2)6-7-16-13/h4-9H,1-3H3,(H,17,18). The fraction of sp³-hybridized carbons (Fsp3) is 0.200. The van der Waals surface area contributed by atoms with Crippen molar-refractivity contribution >= 4 is 11.6 Å². The van der Waals surface area contributed by atoms with Gasteiger partial charge in [-0.1, -0.05) is 6.07 Å². The van der Waals surface area contributed by atoms with E-state index in [2.05, 4.69) is 10.3 Å². The number of nitrogens with zero attached hydrogens (tertiary/aromatic N) is 1. The molecule has 4 nitrogen and oxygen atoms in total. The predicted molar refractivity (Wildman–Crippen MR) is 74.7 cm³/mol. The third kappa shape index (κ3) is 3.10. The highest BCUT2D eigenvalue weighted by Gasteiger charge is 2.11. The average molecular weight is 256 g/mol. The molecular formula is C15H16N2O2. The molecule has 0 aliphatic rings. The Morgan fingerprint density at radius 3 is 2.58 bits per heavy atom. The van der Waals surface area contributed by atoms with Crippen LogP contribution in [0.3, 0.4) is 0 Å². The largest absolute Gasteiger partial charge is 0.495 e. The molecule has 2 rings (SSSR count). The number of anilines is 1. The van der Waals surface area contributed by atoms with E-state index in [0.29, 0.717) is 17.1 Å². The van der Waals surface area contributed by atoms with Crippen LogP contribution in [0, 0.1) is 13.8 Å². The number of ether oxygens (including phenoxy) is 1. The van der Waals surface area contributed by atoms with E-state index in [1.807, 2.05) is 38.1 Å². The number of hydrogen-bond acceptors (Lipinski definition) is 3. The van der Waals surface area contributed by atoms with Gasteiger partial charge >= 0.3 is 0 Å². The minimum atomic E-state index is -0.243. The van der Waals surface area contributed by atoms with Crippen molar-refractivity contribution in [3.8, 4) is 5.75 Å². The maximum Gasteiger partial charge on any atom is 0.274 e. The highest BCUT2D eigenvalue weighted by atomic mass is 16.5. The Morgan fingerprint density at radius 2 is 1.89 bits per heavy atom. The molecular weight excluding hydrogens is 240 g/mol. The van der Waals surface area contributed by atoms with Crippen LogP contribution in [0.4, 0.5) is 5.69 Å². The van der Waals surface area contributed by atoms with E-state index in [0.717, 1.165) is 11.1 Å². The minimum Gasteiger partial charge on any atom is -0.495 e. The van der Waals surface area contributed by atoms with E-state index in [4.69, 9.17) is 4.74 Å². The van der Waals surface area contributed by atoms with Gasteiger partial charge in [0.1, 0.15) is 11.4 Å². The van der Waals surface area contributed by atoms with Crippen LogP contribution in [0.25, 0.3) is 0 Å². The van der Waals surface area contributed by atoms with E-state index in [9.17, 15) is 4.79 Å². The summed E-state index contributed by atoms with van der Waals surface area (Å²) in [7, 11) is 1.57. The first-order chi connectivity index (χ1) is 9.10. The van der Waals surface area contributed by atoms with Gasteiger partial charge in [0, 0.05) is 6.20 Å². The Bertz CT molecular complexity index is 609. The summed E-state index contributed by atoms with van der Waals surface area (Å²) in [6.07, 6.45) is 1.62. The fourth-order valence-corrected chi connectivity index (χ4v) is 1.77. The molecule has 0 unspecified atom stereocenters. The number of carbonyl (C=O) groups excluding carboxylic acids is 1. The third-order valence-corrected chi connectivity index (χ3v) is 2.75. The molecule has 0 bridgehead atoms. The van der Waals surface area contributed by atoms with Gasteiger partial charge in [0.15, 0.2) is 0 Å². The van der Waals surface area contributed by atoms with Gasteiger partial charge in [0.05, 0.1) is 12.8 Å². The predicted octanol–water partition coefficient (Wildman–Crippen LogP) is 2.96. The zero-order chi connectivity index (χ0) is 13.8. The van der Waals surface area contributed by atoms with Crippen LogP contribution >= 0.6 is 0 Å². The summed E-state index contributed by atoms with van der Waals surface area (Å²) in [5, 5.41) is 2.82. The second-order valence-electron chi connectivity index (χ2n) is 4.38. The first kappa shape index (κ1) is 13.1. The molecule has 1 amide bonds. The molecule has 0 radical (unpaired) electrons. The maximum absolute atomic E-state index is 12.1. The van der Waals surface area contributed by atoms with E-state index >= 15 is 0 Å². The first-order valence-electron chi connectivity index (χ1n) is 5.99. The van der Waals surface area contributed by atoms with Gasteiger partial charge in [0.2, 0.25) is 0 Å². The Morgan fingerprint density at radius 1 is 1.16 bits per heavy atom. The van der Waals surface area contributed by atoms with E-state index < -0.39 is 0 Å². The van der Waals surface area contributed by atoms with E-state index in [1.54, 1.807) is 19.4 Å². The molecule has 19 heavy (non-hydrogen) atoms. The van der Waals surface area contributed by atoms with Gasteiger partial charge in [-0.05, 0) is 49.2 Å². The van der Waals surface area contributed by atoms with Crippen molar-refractivity contribution in [1.29, 1.82) is 0 Å². The molecule has 0 fully saturated rings. The Labute approximate surface area is 112 Å². The van der Waals surface area contributed by atoms with Crippen LogP contribution in [0.2, 0.25) is 0 Å². The van der Waals surface area contributed by atoms with Crippen molar-refractivity contribution in [2.24, 2.45) is 0 Å². The smallest absolute Gasteiger partial charge is 0.274 e. The second kappa shape index (κ2) is 5.52. The van der Waals surface area contributed by atoms with Crippen molar-refractivity contribution in [2.45, 2.75) is 13.8 Å². The van der Waals surface area contributed by atoms with Gasteiger partial charge in [0.25, 0.3) is 5.91 Å². The summed E-state index contributed by atoms with van der Waals surface area (Å²) >= 11 is 0. The zero-order valence-corrected chi connectivity index (χ0v) is 11.2. The summed E-state index contributed by atoms with van der Waals surface area (Å²) in [4.78, 5) is 16.2. The Hall–Kier alpha value is -2.36. The van der Waals surface area contributed by atoms with Crippen molar-refractivity contribution in [3.63, 3.8) is 0 Å². The molecule has 2 aromatic rings. The number of aromatic nitrogens is 1. The van der Waals surface area contributed by atoms with Crippen molar-refractivity contribution in [3.05, 3.63) is 53.3 Å². The molecule has 0 aliphatic carbocycles. The minimum absolute atomic E-state index is 0.243. The normalized spacial score (nSPS) is 10.1. The summed E-state index contributed by atoms with van der Waals surface area (Å²) in [5.74, 6) is 0.388. The monoisotopic (exact) mass is 256 g/mol. The lowest BCUT2D eigenvalue weighted by Gasteiger charge is -2.10. The summed E-state index contributed by atoms with van der Waals surface area (Å²) in [5.41, 5.74) is 3.09. The lowest BCUT2D eigenvalue weighted by Crippen LogP contribution is -2.14. The molecule has 0 atom stereocenters. The van der Waals surface area contributed by atoms with E-state index in [1.165, 1.54) is 0 Å². The van der Waals surface area contributed by atoms with Gasteiger partial charge in [-0.3, -0.25) is 9.78 Å². The van der Waals surface area contributed by atoms with Crippen LogP contribution in [-0.4, -0.2) is 18.0 Å². The second-order valence-corrected chi connectivity index (χ2v) is 4.38. The molecule has 0 spiro atoms. The molecule has 0 saturated carbocycles. The Kier molecular flexibility index (Phi) is 3.80. The maximum atomic E-state index is 12.1. The molecule has 0 aliphatic heterocycles. The Balaban J connectivity index is 2.26. The number of pyridine rings is 1. The van der Waals surface area contributed by atoms with Crippen LogP contribution in [-0.2, 0) is 0 Å². The molecule has 1 aromatic heterocycles. The van der Waals surface area contributed by atoms with Crippen molar-refractivity contribution in [2.75, 3.05) is 12.4 Å². The lowest BCUT2D eigenvalue weighted by atomic mass is 10.2. The number of amides is 1. The number of nitrogens with one attached hydrogen (secondary N) is 1. The quantitative estimate of drug-likeness (QED) is 0.918. The number of carbonyl (C=O) groups is 1. The summed E-state index contributed by atoms with van der Waals surface area (Å²) in [6.45, 7) is 3.88. The first-order valence-corrected chi connectivity index (χ1v) is 5.99. The number of rotatable bonds is 3. The van der Waals surface area contributed by atoms with Gasteiger partial charge in [-0.15, -0.1) is 0 Å².